The predicted octanol–water partition coefficient (Wildman–Crippen LogP) is 4.01. The van der Waals surface area contributed by atoms with Crippen LogP contribution >= 0.6 is 15.9 Å². The van der Waals surface area contributed by atoms with E-state index in [9.17, 15) is 9.59 Å². The Morgan fingerprint density at radius 2 is 1.71 bits per heavy atom. The number of benzene rings is 1. The van der Waals surface area contributed by atoms with Crippen LogP contribution in [0.4, 0.5) is 0 Å². The number of Topliss-reactive ketones (excluding diaryl/α,β-unsaturated/α-hetero) is 1. The maximum absolute atomic E-state index is 11.6. The van der Waals surface area contributed by atoms with Gasteiger partial charge >= 0.3 is 5.97 Å². The molecule has 0 aliphatic carbocycles. The molecule has 0 heterocycles. The van der Waals surface area contributed by atoms with E-state index in [1.807, 2.05) is 0 Å². The molecule has 0 N–H and O–H groups in total. The van der Waals surface area contributed by atoms with Gasteiger partial charge in [-0.05, 0) is 38.0 Å². The largest absolute Gasteiger partial charge is 0.494 e. The number of carbonyl (C=O) groups is 2. The zero-order valence-electron chi connectivity index (χ0n) is 12.5. The lowest BCUT2D eigenvalue weighted by atomic mass is 10.1. The molecule has 5 heteroatoms. The molecular formula is C16H21BrO4. The quantitative estimate of drug-likeness (QED) is 0.290. The van der Waals surface area contributed by atoms with Gasteiger partial charge in [0.2, 0.25) is 0 Å². The number of hydrogen-bond acceptors (Lipinski definition) is 4. The minimum atomic E-state index is -0.472. The lowest BCUT2D eigenvalue weighted by molar-refractivity contribution is 0.0600. The second kappa shape index (κ2) is 9.55. The van der Waals surface area contributed by atoms with E-state index in [1.54, 1.807) is 12.1 Å². The zero-order valence-corrected chi connectivity index (χ0v) is 14.1. The first-order valence-electron chi connectivity index (χ1n) is 7.01. The van der Waals surface area contributed by atoms with Gasteiger partial charge in [0.25, 0.3) is 0 Å². The number of alkyl halides is 1. The average Bonchev–Trinajstić information content (AvgIpc) is 2.49. The third-order valence-corrected chi connectivity index (χ3v) is 3.59. The van der Waals surface area contributed by atoms with Gasteiger partial charge in [0.1, 0.15) is 5.75 Å². The number of rotatable bonds is 9. The molecule has 0 spiro atoms. The number of unbranched alkanes of at least 4 members (excludes halogenated alkanes) is 3. The van der Waals surface area contributed by atoms with Crippen LogP contribution in [0.5, 0.6) is 5.75 Å². The summed E-state index contributed by atoms with van der Waals surface area (Å²) in [6.07, 6.45) is 4.37. The number of hydrogen-bond donors (Lipinski definition) is 0. The fourth-order valence-electron chi connectivity index (χ4n) is 1.86. The van der Waals surface area contributed by atoms with Crippen molar-refractivity contribution in [3.63, 3.8) is 0 Å². The molecular weight excluding hydrogens is 336 g/mol. The van der Waals surface area contributed by atoms with Crippen LogP contribution in [-0.2, 0) is 4.74 Å². The maximum atomic E-state index is 11.6. The number of esters is 1. The van der Waals surface area contributed by atoms with Crippen molar-refractivity contribution in [1.82, 2.24) is 0 Å². The molecule has 0 radical (unpaired) electrons. The molecule has 0 saturated carbocycles. The van der Waals surface area contributed by atoms with Gasteiger partial charge in [-0.2, -0.15) is 0 Å². The summed E-state index contributed by atoms with van der Waals surface area (Å²) in [5.74, 6) is -0.0493. The Labute approximate surface area is 133 Å². The van der Waals surface area contributed by atoms with E-state index in [0.29, 0.717) is 23.5 Å². The lowest BCUT2D eigenvalue weighted by Crippen LogP contribution is -2.06. The highest BCUT2D eigenvalue weighted by Gasteiger charge is 2.11. The van der Waals surface area contributed by atoms with Crippen LogP contribution in [0.2, 0.25) is 0 Å². The Balaban J connectivity index is 2.65. The third-order valence-electron chi connectivity index (χ3n) is 3.03. The summed E-state index contributed by atoms with van der Waals surface area (Å²) in [6, 6.07) is 4.79. The molecule has 0 aromatic heterocycles. The van der Waals surface area contributed by atoms with E-state index >= 15 is 0 Å². The first kappa shape index (κ1) is 17.7. The Morgan fingerprint density at radius 3 is 2.33 bits per heavy atom. The molecule has 0 fully saturated rings. The SMILES string of the molecule is COC(=O)c1cc(OCCCCCCBr)cc(C(C)=O)c1. The van der Waals surface area contributed by atoms with Gasteiger partial charge in [-0.15, -0.1) is 0 Å². The lowest BCUT2D eigenvalue weighted by Gasteiger charge is -2.09. The summed E-state index contributed by atoms with van der Waals surface area (Å²) in [4.78, 5) is 23.1. The Kier molecular flexibility index (Phi) is 8.05. The smallest absolute Gasteiger partial charge is 0.338 e. The number of halogens is 1. The van der Waals surface area contributed by atoms with Crippen molar-refractivity contribution >= 4 is 27.7 Å². The van der Waals surface area contributed by atoms with Crippen LogP contribution in [0, 0.1) is 0 Å². The fraction of sp³-hybridized carbons (Fsp3) is 0.500. The molecule has 0 bridgehead atoms. The van der Waals surface area contributed by atoms with Crippen LogP contribution in [0.1, 0.15) is 53.3 Å². The number of methoxy groups -OCH3 is 1. The van der Waals surface area contributed by atoms with Crippen molar-refractivity contribution < 1.29 is 19.1 Å². The molecule has 0 aliphatic rings. The number of ketones is 1. The van der Waals surface area contributed by atoms with Gasteiger partial charge in [-0.1, -0.05) is 28.8 Å². The van der Waals surface area contributed by atoms with Crippen LogP contribution in [-0.4, -0.2) is 30.8 Å². The molecule has 1 aromatic carbocycles. The average molecular weight is 357 g/mol. The normalized spacial score (nSPS) is 10.2. The van der Waals surface area contributed by atoms with Crippen LogP contribution in [0.15, 0.2) is 18.2 Å². The Bertz CT molecular complexity index is 485. The first-order chi connectivity index (χ1) is 10.1. The molecule has 1 aromatic rings. The highest BCUT2D eigenvalue weighted by Crippen LogP contribution is 2.19. The summed E-state index contributed by atoms with van der Waals surface area (Å²) in [5.41, 5.74) is 0.784. The summed E-state index contributed by atoms with van der Waals surface area (Å²) < 4.78 is 10.3. The molecule has 0 aliphatic heterocycles. The molecule has 0 saturated heterocycles. The van der Waals surface area contributed by atoms with Crippen LogP contribution in [0.25, 0.3) is 0 Å². The van der Waals surface area contributed by atoms with Gasteiger partial charge in [0.05, 0.1) is 19.3 Å². The van der Waals surface area contributed by atoms with E-state index in [1.165, 1.54) is 20.1 Å². The van der Waals surface area contributed by atoms with Gasteiger partial charge in [-0.25, -0.2) is 4.79 Å². The second-order valence-corrected chi connectivity index (χ2v) is 5.54. The molecule has 0 unspecified atom stereocenters. The second-order valence-electron chi connectivity index (χ2n) is 4.75. The van der Waals surface area contributed by atoms with E-state index in [-0.39, 0.29) is 5.78 Å². The van der Waals surface area contributed by atoms with Crippen molar-refractivity contribution in [2.75, 3.05) is 19.0 Å². The van der Waals surface area contributed by atoms with Crippen molar-refractivity contribution in [2.24, 2.45) is 0 Å². The van der Waals surface area contributed by atoms with Crippen molar-refractivity contribution in [1.29, 1.82) is 0 Å². The predicted molar refractivity (Wildman–Crippen MR) is 85.5 cm³/mol. The molecule has 4 nitrogen and oxygen atoms in total. The van der Waals surface area contributed by atoms with Gasteiger partial charge < -0.3 is 9.47 Å². The van der Waals surface area contributed by atoms with Gasteiger partial charge in [-0.3, -0.25) is 4.79 Å². The Morgan fingerprint density at radius 1 is 1.05 bits per heavy atom. The van der Waals surface area contributed by atoms with E-state index in [0.717, 1.165) is 31.0 Å². The van der Waals surface area contributed by atoms with Crippen molar-refractivity contribution in [3.05, 3.63) is 29.3 Å². The van der Waals surface area contributed by atoms with E-state index in [4.69, 9.17) is 4.74 Å². The van der Waals surface area contributed by atoms with Crippen LogP contribution < -0.4 is 4.74 Å². The molecule has 0 atom stereocenters. The molecule has 1 rings (SSSR count). The minimum Gasteiger partial charge on any atom is -0.494 e. The van der Waals surface area contributed by atoms with Gasteiger partial charge in [0.15, 0.2) is 5.78 Å². The first-order valence-corrected chi connectivity index (χ1v) is 8.13. The standard InChI is InChI=1S/C16H21BrO4/c1-12(18)13-9-14(16(19)20-2)11-15(10-13)21-8-6-4-3-5-7-17/h9-11H,3-8H2,1-2H3. The third kappa shape index (κ3) is 6.29. The highest BCUT2D eigenvalue weighted by atomic mass is 79.9. The van der Waals surface area contributed by atoms with Crippen molar-refractivity contribution in [3.8, 4) is 5.75 Å². The van der Waals surface area contributed by atoms with Crippen molar-refractivity contribution in [2.45, 2.75) is 32.6 Å². The van der Waals surface area contributed by atoms with E-state index in [2.05, 4.69) is 20.7 Å². The fourth-order valence-corrected chi connectivity index (χ4v) is 2.26. The Hall–Kier alpha value is -1.36. The van der Waals surface area contributed by atoms with Gasteiger partial charge in [0, 0.05) is 10.9 Å². The van der Waals surface area contributed by atoms with Crippen LogP contribution in [0.3, 0.4) is 0 Å². The topological polar surface area (TPSA) is 52.6 Å². The number of ether oxygens (including phenoxy) is 2. The zero-order chi connectivity index (χ0) is 15.7. The maximum Gasteiger partial charge on any atom is 0.338 e. The molecule has 0 amide bonds. The summed E-state index contributed by atoms with van der Waals surface area (Å²) >= 11 is 3.40. The highest BCUT2D eigenvalue weighted by molar-refractivity contribution is 9.09. The summed E-state index contributed by atoms with van der Waals surface area (Å²) in [6.45, 7) is 2.03. The number of carbonyl (C=O) groups excluding carboxylic acids is 2. The summed E-state index contributed by atoms with van der Waals surface area (Å²) in [7, 11) is 1.31. The minimum absolute atomic E-state index is 0.108. The monoisotopic (exact) mass is 356 g/mol. The molecule has 116 valence electrons. The van der Waals surface area contributed by atoms with E-state index < -0.39 is 5.97 Å². The summed E-state index contributed by atoms with van der Waals surface area (Å²) in [5, 5.41) is 1.02. The molecule has 21 heavy (non-hydrogen) atoms.